The molecule has 2 N–H and O–H groups in total. The Kier molecular flexibility index (Phi) is 6.35. The molecule has 0 aromatic carbocycles. The molecule has 26 heavy (non-hydrogen) atoms. The number of aromatic carboxylic acids is 1. The summed E-state index contributed by atoms with van der Waals surface area (Å²) in [6.45, 7) is 6.04. The van der Waals surface area contributed by atoms with Crippen molar-refractivity contribution in [3.63, 3.8) is 0 Å². The first-order chi connectivity index (χ1) is 12.1. The third kappa shape index (κ3) is 5.01. The molecule has 1 fully saturated rings. The summed E-state index contributed by atoms with van der Waals surface area (Å²) in [4.78, 5) is 27.4. The molecule has 1 aromatic rings. The molecule has 1 aliphatic rings. The monoisotopic (exact) mass is 383 g/mol. The van der Waals surface area contributed by atoms with Gasteiger partial charge in [-0.25, -0.2) is 22.5 Å². The number of aryl methyl sites for hydroxylation is 1. The molecule has 9 heteroatoms. The van der Waals surface area contributed by atoms with Crippen molar-refractivity contribution >= 4 is 21.9 Å². The maximum absolute atomic E-state index is 12.3. The number of nitrogens with zero attached hydrogens (tertiary/aromatic N) is 2. The van der Waals surface area contributed by atoms with Gasteiger partial charge in [0.2, 0.25) is 10.0 Å². The molecular weight excluding hydrogens is 358 g/mol. The second-order valence-electron chi connectivity index (χ2n) is 6.95. The van der Waals surface area contributed by atoms with Gasteiger partial charge >= 0.3 is 5.97 Å². The Morgan fingerprint density at radius 3 is 2.42 bits per heavy atom. The zero-order valence-corrected chi connectivity index (χ0v) is 16.0. The number of carbonyl (C=O) groups is 2. The van der Waals surface area contributed by atoms with E-state index in [1.54, 1.807) is 0 Å². The Balaban J connectivity index is 1.94. The molecule has 8 nitrogen and oxygen atoms in total. The van der Waals surface area contributed by atoms with Crippen LogP contribution in [-0.4, -0.2) is 59.6 Å². The molecule has 0 saturated carbocycles. The lowest BCUT2D eigenvalue weighted by atomic mass is 10.1. The van der Waals surface area contributed by atoms with E-state index in [1.165, 1.54) is 23.4 Å². The van der Waals surface area contributed by atoms with E-state index in [-0.39, 0.29) is 40.6 Å². The van der Waals surface area contributed by atoms with Crippen LogP contribution in [-0.2, 0) is 10.0 Å². The van der Waals surface area contributed by atoms with Gasteiger partial charge in [-0.1, -0.05) is 13.8 Å². The summed E-state index contributed by atoms with van der Waals surface area (Å²) in [7, 11) is -3.25. The Labute approximate surface area is 153 Å². The van der Waals surface area contributed by atoms with Gasteiger partial charge in [-0.15, -0.1) is 0 Å². The van der Waals surface area contributed by atoms with E-state index in [0.717, 1.165) is 0 Å². The number of carboxylic acids is 1. The molecule has 2 heterocycles. The van der Waals surface area contributed by atoms with Crippen LogP contribution in [0.5, 0.6) is 0 Å². The van der Waals surface area contributed by atoms with Crippen molar-refractivity contribution in [2.45, 2.75) is 39.7 Å². The van der Waals surface area contributed by atoms with Crippen molar-refractivity contribution < 1.29 is 23.1 Å². The number of nitrogens with one attached hydrogen (secondary N) is 1. The van der Waals surface area contributed by atoms with Gasteiger partial charge in [0.1, 0.15) is 5.69 Å². The third-order valence-corrected chi connectivity index (χ3v) is 6.52. The summed E-state index contributed by atoms with van der Waals surface area (Å²) >= 11 is 0. The van der Waals surface area contributed by atoms with Crippen molar-refractivity contribution in [2.75, 3.05) is 18.8 Å². The molecule has 0 aliphatic carbocycles. The minimum atomic E-state index is -3.25. The fourth-order valence-electron chi connectivity index (χ4n) is 2.98. The van der Waals surface area contributed by atoms with Crippen molar-refractivity contribution in [3.8, 4) is 0 Å². The normalized spacial score (nSPS) is 16.6. The standard InChI is InChI=1S/C17H25N3O5S/c1-11(2)10-26(24,25)20-8-6-13(7-9-20)19-16(21)15-5-4-14(17(22)23)12(3)18-15/h4-5,11,13H,6-10H2,1-3H3,(H,19,21)(H,22,23). The van der Waals surface area contributed by atoms with E-state index in [0.29, 0.717) is 25.9 Å². The summed E-state index contributed by atoms with van der Waals surface area (Å²) in [5, 5.41) is 11.9. The van der Waals surface area contributed by atoms with Gasteiger partial charge in [0.15, 0.2) is 0 Å². The molecule has 1 aliphatic heterocycles. The summed E-state index contributed by atoms with van der Waals surface area (Å²) in [6.07, 6.45) is 1.07. The fourth-order valence-corrected chi connectivity index (χ4v) is 4.80. The van der Waals surface area contributed by atoms with Gasteiger partial charge in [-0.05, 0) is 37.8 Å². The molecule has 0 radical (unpaired) electrons. The van der Waals surface area contributed by atoms with Crippen LogP contribution in [0.2, 0.25) is 0 Å². The molecule has 1 amide bonds. The quantitative estimate of drug-likeness (QED) is 0.764. The highest BCUT2D eigenvalue weighted by atomic mass is 32.2. The van der Waals surface area contributed by atoms with Crippen LogP contribution < -0.4 is 5.32 Å². The summed E-state index contributed by atoms with van der Waals surface area (Å²) < 4.78 is 26.0. The number of carboxylic acid groups (broad SMARTS) is 1. The van der Waals surface area contributed by atoms with E-state index < -0.39 is 16.0 Å². The first kappa shape index (κ1) is 20.3. The Morgan fingerprint density at radius 2 is 1.92 bits per heavy atom. The first-order valence-corrected chi connectivity index (χ1v) is 10.2. The van der Waals surface area contributed by atoms with Gasteiger partial charge < -0.3 is 10.4 Å². The SMILES string of the molecule is Cc1nc(C(=O)NC2CCN(S(=O)(=O)CC(C)C)CC2)ccc1C(=O)O. The minimum absolute atomic E-state index is 0.0604. The van der Waals surface area contributed by atoms with Crippen molar-refractivity contribution in [1.82, 2.24) is 14.6 Å². The van der Waals surface area contributed by atoms with E-state index in [9.17, 15) is 18.0 Å². The molecule has 0 spiro atoms. The largest absolute Gasteiger partial charge is 0.478 e. The number of aromatic nitrogens is 1. The summed E-state index contributed by atoms with van der Waals surface area (Å²) in [5.74, 6) is -1.27. The number of piperidine rings is 1. The zero-order valence-electron chi connectivity index (χ0n) is 15.2. The second kappa shape index (κ2) is 8.13. The number of amides is 1. The van der Waals surface area contributed by atoms with Gasteiger partial charge in [-0.3, -0.25) is 4.79 Å². The number of hydrogen-bond donors (Lipinski definition) is 2. The fraction of sp³-hybridized carbons (Fsp3) is 0.588. The van der Waals surface area contributed by atoms with Gasteiger partial charge in [0.25, 0.3) is 5.91 Å². The topological polar surface area (TPSA) is 117 Å². The van der Waals surface area contributed by atoms with Crippen LogP contribution in [0.1, 0.15) is 53.2 Å². The molecule has 1 aromatic heterocycles. The highest BCUT2D eigenvalue weighted by Crippen LogP contribution is 2.17. The Morgan fingerprint density at radius 1 is 1.31 bits per heavy atom. The van der Waals surface area contributed by atoms with Gasteiger partial charge in [0, 0.05) is 19.1 Å². The molecule has 144 valence electrons. The highest BCUT2D eigenvalue weighted by Gasteiger charge is 2.29. The average Bonchev–Trinajstić information content (AvgIpc) is 2.53. The van der Waals surface area contributed by atoms with Crippen LogP contribution in [0, 0.1) is 12.8 Å². The van der Waals surface area contributed by atoms with E-state index in [4.69, 9.17) is 5.11 Å². The minimum Gasteiger partial charge on any atom is -0.478 e. The number of rotatable bonds is 6. The highest BCUT2D eigenvalue weighted by molar-refractivity contribution is 7.89. The van der Waals surface area contributed by atoms with Crippen LogP contribution in [0.3, 0.4) is 0 Å². The molecule has 0 bridgehead atoms. The van der Waals surface area contributed by atoms with E-state index in [2.05, 4.69) is 10.3 Å². The molecule has 1 saturated heterocycles. The number of carbonyl (C=O) groups excluding carboxylic acids is 1. The summed E-state index contributed by atoms with van der Waals surface area (Å²) in [6, 6.07) is 2.61. The number of pyridine rings is 1. The molecule has 0 unspecified atom stereocenters. The van der Waals surface area contributed by atoms with Crippen molar-refractivity contribution in [2.24, 2.45) is 5.92 Å². The van der Waals surface area contributed by atoms with Gasteiger partial charge in [-0.2, -0.15) is 0 Å². The molecule has 0 atom stereocenters. The maximum atomic E-state index is 12.3. The predicted molar refractivity (Wildman–Crippen MR) is 96.6 cm³/mol. The van der Waals surface area contributed by atoms with Crippen molar-refractivity contribution in [1.29, 1.82) is 0 Å². The molecular formula is C17H25N3O5S. The summed E-state index contributed by atoms with van der Waals surface area (Å²) in [5.41, 5.74) is 0.493. The number of sulfonamides is 1. The van der Waals surface area contributed by atoms with Crippen LogP contribution in [0.15, 0.2) is 12.1 Å². The smallest absolute Gasteiger partial charge is 0.337 e. The van der Waals surface area contributed by atoms with Crippen LogP contribution in [0.4, 0.5) is 0 Å². The van der Waals surface area contributed by atoms with Crippen LogP contribution >= 0.6 is 0 Å². The predicted octanol–water partition coefficient (Wildman–Crippen LogP) is 1.27. The van der Waals surface area contributed by atoms with Gasteiger partial charge in [0.05, 0.1) is 17.0 Å². The van der Waals surface area contributed by atoms with Crippen molar-refractivity contribution in [3.05, 3.63) is 29.1 Å². The van der Waals surface area contributed by atoms with E-state index >= 15 is 0 Å². The average molecular weight is 383 g/mol. The van der Waals surface area contributed by atoms with Crippen LogP contribution in [0.25, 0.3) is 0 Å². The Bertz CT molecular complexity index is 784. The first-order valence-electron chi connectivity index (χ1n) is 8.59. The third-order valence-electron chi connectivity index (χ3n) is 4.28. The zero-order chi connectivity index (χ0) is 19.5. The Hall–Kier alpha value is -2.00. The molecule has 2 rings (SSSR count). The number of hydrogen-bond acceptors (Lipinski definition) is 5. The maximum Gasteiger partial charge on any atom is 0.337 e. The lowest BCUT2D eigenvalue weighted by Gasteiger charge is -2.32. The van der Waals surface area contributed by atoms with E-state index in [1.807, 2.05) is 13.8 Å². The second-order valence-corrected chi connectivity index (χ2v) is 8.97. The lowest BCUT2D eigenvalue weighted by molar-refractivity contribution is 0.0694. The lowest BCUT2D eigenvalue weighted by Crippen LogP contribution is -2.47.